The number of ketones is 1. The summed E-state index contributed by atoms with van der Waals surface area (Å²) in [5, 5.41) is 4.43. The zero-order valence-electron chi connectivity index (χ0n) is 12.1. The smallest absolute Gasteiger partial charge is 0.306 e. The highest BCUT2D eigenvalue weighted by atomic mass is 127. The number of esters is 1. The molecule has 0 fully saturated rings. The van der Waals surface area contributed by atoms with Gasteiger partial charge in [-0.15, -0.1) is 11.3 Å². The number of amides is 1. The standard InChI is InChI=1S/C16H14INO4S/c17-11-3-5-12(6-4-11)18-15(20)10-22-16(21)8-7-13(19)14-2-1-9-23-14/h1-6,9H,7-8,10H2,(H,18,20). The highest BCUT2D eigenvalue weighted by Gasteiger charge is 2.12. The monoisotopic (exact) mass is 443 g/mol. The van der Waals surface area contributed by atoms with Gasteiger partial charge in [-0.2, -0.15) is 0 Å². The second-order valence-corrected chi connectivity index (χ2v) is 6.81. The number of thiophene rings is 1. The van der Waals surface area contributed by atoms with Gasteiger partial charge in [0.15, 0.2) is 12.4 Å². The zero-order chi connectivity index (χ0) is 16.7. The van der Waals surface area contributed by atoms with Crippen molar-refractivity contribution in [2.24, 2.45) is 0 Å². The molecule has 0 aliphatic heterocycles. The Balaban J connectivity index is 1.68. The van der Waals surface area contributed by atoms with Crippen LogP contribution < -0.4 is 5.32 Å². The van der Waals surface area contributed by atoms with E-state index in [0.29, 0.717) is 10.6 Å². The van der Waals surface area contributed by atoms with Gasteiger partial charge >= 0.3 is 5.97 Å². The van der Waals surface area contributed by atoms with Crippen LogP contribution in [0, 0.1) is 3.57 Å². The third-order valence-corrected chi connectivity index (χ3v) is 4.47. The Labute approximate surface area is 151 Å². The maximum atomic E-state index is 11.7. The molecule has 7 heteroatoms. The van der Waals surface area contributed by atoms with E-state index in [1.807, 2.05) is 12.1 Å². The molecule has 1 aromatic heterocycles. The van der Waals surface area contributed by atoms with Crippen molar-refractivity contribution in [3.8, 4) is 0 Å². The minimum atomic E-state index is -0.562. The van der Waals surface area contributed by atoms with Crippen molar-refractivity contribution < 1.29 is 19.1 Å². The number of hydrogen-bond donors (Lipinski definition) is 1. The molecule has 2 rings (SSSR count). The lowest BCUT2D eigenvalue weighted by atomic mass is 10.2. The summed E-state index contributed by atoms with van der Waals surface area (Å²) in [6, 6.07) is 10.7. The molecular weight excluding hydrogens is 429 g/mol. The van der Waals surface area contributed by atoms with Crippen LogP contribution in [0.2, 0.25) is 0 Å². The predicted molar refractivity (Wildman–Crippen MR) is 96.6 cm³/mol. The van der Waals surface area contributed by atoms with Crippen LogP contribution in [-0.4, -0.2) is 24.3 Å². The Morgan fingerprint density at radius 1 is 1.09 bits per heavy atom. The van der Waals surface area contributed by atoms with Crippen molar-refractivity contribution in [3.63, 3.8) is 0 Å². The molecule has 1 N–H and O–H groups in total. The molecular formula is C16H14INO4S. The van der Waals surface area contributed by atoms with Gasteiger partial charge in [0.2, 0.25) is 0 Å². The van der Waals surface area contributed by atoms with Gasteiger partial charge in [-0.25, -0.2) is 0 Å². The Kier molecular flexibility index (Phi) is 6.72. The first-order valence-corrected chi connectivity index (χ1v) is 8.78. The fourth-order valence-electron chi connectivity index (χ4n) is 1.72. The Morgan fingerprint density at radius 2 is 1.83 bits per heavy atom. The molecule has 0 unspecified atom stereocenters. The third kappa shape index (κ3) is 6.11. The van der Waals surface area contributed by atoms with Gasteiger partial charge in [0, 0.05) is 15.7 Å². The molecule has 0 saturated carbocycles. The van der Waals surface area contributed by atoms with Gasteiger partial charge in [-0.05, 0) is 58.3 Å². The summed E-state index contributed by atoms with van der Waals surface area (Å²) in [5.41, 5.74) is 0.638. The highest BCUT2D eigenvalue weighted by Crippen LogP contribution is 2.13. The molecule has 0 radical (unpaired) electrons. The quantitative estimate of drug-likeness (QED) is 0.404. The van der Waals surface area contributed by atoms with Gasteiger partial charge < -0.3 is 10.1 Å². The molecule has 0 aliphatic rings. The maximum absolute atomic E-state index is 11.7. The van der Waals surface area contributed by atoms with E-state index in [1.54, 1.807) is 29.6 Å². The van der Waals surface area contributed by atoms with Gasteiger partial charge in [0.05, 0.1) is 11.3 Å². The van der Waals surface area contributed by atoms with E-state index in [0.717, 1.165) is 3.57 Å². The fourth-order valence-corrected chi connectivity index (χ4v) is 2.78. The number of carbonyl (C=O) groups excluding carboxylic acids is 3. The highest BCUT2D eigenvalue weighted by molar-refractivity contribution is 14.1. The first kappa shape index (κ1) is 17.6. The van der Waals surface area contributed by atoms with E-state index in [2.05, 4.69) is 27.9 Å². The van der Waals surface area contributed by atoms with Crippen molar-refractivity contribution in [3.05, 3.63) is 50.2 Å². The van der Waals surface area contributed by atoms with Crippen molar-refractivity contribution in [2.75, 3.05) is 11.9 Å². The molecule has 0 atom stereocenters. The Hall–Kier alpha value is -1.74. The minimum absolute atomic E-state index is 0.0342. The van der Waals surface area contributed by atoms with Crippen molar-refractivity contribution in [2.45, 2.75) is 12.8 Å². The van der Waals surface area contributed by atoms with Crippen molar-refractivity contribution in [1.82, 2.24) is 0 Å². The number of rotatable bonds is 7. The summed E-state index contributed by atoms with van der Waals surface area (Å²) in [6.45, 7) is -0.363. The molecule has 1 amide bonds. The summed E-state index contributed by atoms with van der Waals surface area (Å²) in [4.78, 5) is 35.6. The summed E-state index contributed by atoms with van der Waals surface area (Å²) in [7, 11) is 0. The summed E-state index contributed by atoms with van der Waals surface area (Å²) in [5.74, 6) is -1.07. The number of halogens is 1. The fraction of sp³-hybridized carbons (Fsp3) is 0.188. The summed E-state index contributed by atoms with van der Waals surface area (Å²) in [6.07, 6.45) is 0.0473. The average molecular weight is 443 g/mol. The van der Waals surface area contributed by atoms with E-state index in [9.17, 15) is 14.4 Å². The topological polar surface area (TPSA) is 72.5 Å². The molecule has 0 saturated heterocycles. The van der Waals surface area contributed by atoms with Crippen LogP contribution in [0.5, 0.6) is 0 Å². The molecule has 1 aromatic carbocycles. The Morgan fingerprint density at radius 3 is 2.48 bits per heavy atom. The molecule has 0 bridgehead atoms. The molecule has 23 heavy (non-hydrogen) atoms. The van der Waals surface area contributed by atoms with Crippen LogP contribution in [0.15, 0.2) is 41.8 Å². The number of nitrogens with one attached hydrogen (secondary N) is 1. The number of carbonyl (C=O) groups is 3. The lowest BCUT2D eigenvalue weighted by Crippen LogP contribution is -2.21. The minimum Gasteiger partial charge on any atom is -0.456 e. The molecule has 5 nitrogen and oxygen atoms in total. The maximum Gasteiger partial charge on any atom is 0.306 e. The van der Waals surface area contributed by atoms with Crippen LogP contribution in [0.1, 0.15) is 22.5 Å². The number of benzene rings is 1. The van der Waals surface area contributed by atoms with Gasteiger partial charge in [-0.1, -0.05) is 6.07 Å². The van der Waals surface area contributed by atoms with Crippen LogP contribution >= 0.6 is 33.9 Å². The number of hydrogen-bond acceptors (Lipinski definition) is 5. The Bertz CT molecular complexity index is 683. The van der Waals surface area contributed by atoms with Gasteiger partial charge in [-0.3, -0.25) is 14.4 Å². The second-order valence-electron chi connectivity index (χ2n) is 4.62. The van der Waals surface area contributed by atoms with Crippen LogP contribution in [0.25, 0.3) is 0 Å². The normalized spacial score (nSPS) is 10.1. The van der Waals surface area contributed by atoms with Crippen molar-refractivity contribution >= 4 is 57.3 Å². The number of ether oxygens (including phenoxy) is 1. The van der Waals surface area contributed by atoms with Gasteiger partial charge in [0.25, 0.3) is 5.91 Å². The summed E-state index contributed by atoms with van der Waals surface area (Å²) < 4.78 is 5.92. The van der Waals surface area contributed by atoms with E-state index in [-0.39, 0.29) is 25.2 Å². The van der Waals surface area contributed by atoms with Crippen LogP contribution in [0.3, 0.4) is 0 Å². The SMILES string of the molecule is O=C(COC(=O)CCC(=O)c1cccs1)Nc1ccc(I)cc1. The lowest BCUT2D eigenvalue weighted by molar-refractivity contribution is -0.147. The van der Waals surface area contributed by atoms with E-state index < -0.39 is 11.9 Å². The third-order valence-electron chi connectivity index (χ3n) is 2.84. The number of Topliss-reactive ketones (excluding diaryl/α,β-unsaturated/α-hetero) is 1. The average Bonchev–Trinajstić information content (AvgIpc) is 3.07. The largest absolute Gasteiger partial charge is 0.456 e. The molecule has 0 aliphatic carbocycles. The van der Waals surface area contributed by atoms with E-state index >= 15 is 0 Å². The van der Waals surface area contributed by atoms with Crippen LogP contribution in [-0.2, 0) is 14.3 Å². The van der Waals surface area contributed by atoms with E-state index in [1.165, 1.54) is 11.3 Å². The molecule has 1 heterocycles. The number of anilines is 1. The molecule has 120 valence electrons. The van der Waals surface area contributed by atoms with Gasteiger partial charge in [0.1, 0.15) is 0 Å². The first-order valence-electron chi connectivity index (χ1n) is 6.82. The first-order chi connectivity index (χ1) is 11.0. The van der Waals surface area contributed by atoms with Crippen LogP contribution in [0.4, 0.5) is 5.69 Å². The summed E-state index contributed by atoms with van der Waals surface area (Å²) >= 11 is 3.50. The lowest BCUT2D eigenvalue weighted by Gasteiger charge is -2.06. The second kappa shape index (κ2) is 8.78. The zero-order valence-corrected chi connectivity index (χ0v) is 15.1. The molecule has 0 spiro atoms. The predicted octanol–water partition coefficient (Wildman–Crippen LogP) is 3.50. The van der Waals surface area contributed by atoms with E-state index in [4.69, 9.17) is 4.74 Å². The van der Waals surface area contributed by atoms with Crippen molar-refractivity contribution in [1.29, 1.82) is 0 Å². The molecule has 2 aromatic rings.